The number of halogens is 5. The predicted molar refractivity (Wildman–Crippen MR) is 162 cm³/mol. The molecule has 0 spiro atoms. The van der Waals surface area contributed by atoms with Crippen molar-refractivity contribution in [1.29, 1.82) is 0 Å². The number of hydrogen-bond donors (Lipinski definition) is 0. The van der Waals surface area contributed by atoms with E-state index in [4.69, 9.17) is 0 Å². The molecule has 16 heteroatoms. The van der Waals surface area contributed by atoms with Crippen LogP contribution in [0, 0.1) is 18.6 Å². The number of aromatic nitrogens is 4. The van der Waals surface area contributed by atoms with E-state index in [1.54, 1.807) is 11.8 Å². The standard InChI is InChI=1S/C31H27F5N6O4S/c1-4-24(43)40-12-13-41(16(2)15-40)28-19-14-22(33)26(25-20(31(34,35)36)6-5-7-21(25)32)38-29(19)42(30(44)39-28)27-17(3)37-11-10-23(27)47(45,46)18-8-9-18/h4-7,10-11,14,16,18H,1,8-9,12-13,15H2,2-3H3/t16-/m0/s1. The summed E-state index contributed by atoms with van der Waals surface area (Å²) in [4.78, 5) is 41.6. The fourth-order valence-electron chi connectivity index (χ4n) is 5.90. The summed E-state index contributed by atoms with van der Waals surface area (Å²) in [5.74, 6) is -3.19. The van der Waals surface area contributed by atoms with Gasteiger partial charge in [-0.1, -0.05) is 12.6 Å². The first-order valence-corrected chi connectivity index (χ1v) is 16.1. The minimum atomic E-state index is -5.10. The molecule has 0 bridgehead atoms. The molecule has 1 aliphatic heterocycles. The Bertz CT molecular complexity index is 2130. The fourth-order valence-corrected chi connectivity index (χ4v) is 7.77. The largest absolute Gasteiger partial charge is 0.417 e. The lowest BCUT2D eigenvalue weighted by Gasteiger charge is -2.40. The van der Waals surface area contributed by atoms with Crippen LogP contribution in [-0.2, 0) is 20.8 Å². The Morgan fingerprint density at radius 1 is 1.09 bits per heavy atom. The van der Waals surface area contributed by atoms with E-state index in [2.05, 4.69) is 21.5 Å². The molecule has 0 unspecified atom stereocenters. The second kappa shape index (κ2) is 11.5. The molecule has 3 aromatic heterocycles. The molecule has 10 nitrogen and oxygen atoms in total. The van der Waals surface area contributed by atoms with Gasteiger partial charge in [0.15, 0.2) is 21.3 Å². The molecule has 6 rings (SSSR count). The Morgan fingerprint density at radius 2 is 1.81 bits per heavy atom. The van der Waals surface area contributed by atoms with Crippen molar-refractivity contribution >= 4 is 32.6 Å². The van der Waals surface area contributed by atoms with Gasteiger partial charge in [-0.15, -0.1) is 0 Å². The van der Waals surface area contributed by atoms with Gasteiger partial charge in [0.05, 0.1) is 38.0 Å². The van der Waals surface area contributed by atoms with Gasteiger partial charge in [0, 0.05) is 31.9 Å². The van der Waals surface area contributed by atoms with E-state index in [9.17, 15) is 31.2 Å². The molecule has 0 radical (unpaired) electrons. The Morgan fingerprint density at radius 3 is 2.45 bits per heavy atom. The third kappa shape index (κ3) is 5.53. The topological polar surface area (TPSA) is 118 Å². The number of carbonyl (C=O) groups excluding carboxylic acids is 1. The first kappa shape index (κ1) is 32.2. The SMILES string of the molecule is C=CC(=O)N1CCN(c2nc(=O)n(-c3c(S(=O)(=O)C4CC4)ccnc3C)c3nc(-c4c(F)cccc4C(F)(F)F)c(F)cc23)[C@@H](C)C1. The summed E-state index contributed by atoms with van der Waals surface area (Å²) in [5.41, 5.74) is -5.49. The minimum absolute atomic E-state index is 0.0455. The van der Waals surface area contributed by atoms with Crippen LogP contribution in [0.2, 0.25) is 0 Å². The molecule has 2 aliphatic rings. The van der Waals surface area contributed by atoms with Crippen molar-refractivity contribution in [3.8, 4) is 16.9 Å². The number of hydrogen-bond acceptors (Lipinski definition) is 8. The summed E-state index contributed by atoms with van der Waals surface area (Å²) in [6, 6.07) is 3.63. The fraction of sp³-hybridized carbons (Fsp3) is 0.323. The van der Waals surface area contributed by atoms with Crippen LogP contribution in [0.5, 0.6) is 0 Å². The maximum absolute atomic E-state index is 16.0. The normalized spacial score (nSPS) is 17.3. The number of piperazine rings is 1. The van der Waals surface area contributed by atoms with Gasteiger partial charge in [0.1, 0.15) is 17.3 Å². The molecule has 1 saturated carbocycles. The Balaban J connectivity index is 1.69. The van der Waals surface area contributed by atoms with E-state index in [1.807, 2.05) is 0 Å². The molecular formula is C31H27F5N6O4S. The average molecular weight is 675 g/mol. The number of nitrogens with zero attached hydrogens (tertiary/aromatic N) is 6. The predicted octanol–water partition coefficient (Wildman–Crippen LogP) is 4.61. The summed E-state index contributed by atoms with van der Waals surface area (Å²) in [7, 11) is -4.01. The van der Waals surface area contributed by atoms with Crippen LogP contribution in [0.4, 0.5) is 27.8 Å². The van der Waals surface area contributed by atoms with E-state index in [-0.39, 0.29) is 53.0 Å². The van der Waals surface area contributed by atoms with Gasteiger partial charge < -0.3 is 9.80 Å². The third-order valence-corrected chi connectivity index (χ3v) is 10.6. The summed E-state index contributed by atoms with van der Waals surface area (Å²) < 4.78 is 101. The quantitative estimate of drug-likeness (QED) is 0.215. The van der Waals surface area contributed by atoms with Gasteiger partial charge in [-0.05, 0) is 57.0 Å². The van der Waals surface area contributed by atoms with Crippen LogP contribution < -0.4 is 10.6 Å². The summed E-state index contributed by atoms with van der Waals surface area (Å²) in [6.45, 7) is 7.10. The van der Waals surface area contributed by atoms with E-state index in [0.29, 0.717) is 18.9 Å². The first-order chi connectivity index (χ1) is 22.1. The summed E-state index contributed by atoms with van der Waals surface area (Å²) in [6.07, 6.45) is -1.95. The van der Waals surface area contributed by atoms with Gasteiger partial charge in [0.2, 0.25) is 5.91 Å². The molecule has 1 aliphatic carbocycles. The zero-order valence-electron chi connectivity index (χ0n) is 25.1. The molecular weight excluding hydrogens is 647 g/mol. The number of amides is 1. The highest BCUT2D eigenvalue weighted by Crippen LogP contribution is 2.41. The first-order valence-electron chi connectivity index (χ1n) is 14.5. The molecule has 1 amide bonds. The lowest BCUT2D eigenvalue weighted by Crippen LogP contribution is -2.54. The zero-order valence-corrected chi connectivity index (χ0v) is 25.9. The average Bonchev–Trinajstić information content (AvgIpc) is 3.87. The van der Waals surface area contributed by atoms with Crippen molar-refractivity contribution in [2.45, 2.75) is 49.1 Å². The number of carbonyl (C=O) groups is 1. The number of anilines is 1. The highest BCUT2D eigenvalue weighted by Gasteiger charge is 2.40. The maximum Gasteiger partial charge on any atom is 0.417 e. The molecule has 1 saturated heterocycles. The number of aryl methyl sites for hydroxylation is 1. The molecule has 2 fully saturated rings. The number of sulfone groups is 1. The van der Waals surface area contributed by atoms with Crippen molar-refractivity contribution in [2.24, 2.45) is 0 Å². The monoisotopic (exact) mass is 674 g/mol. The van der Waals surface area contributed by atoms with Crippen molar-refractivity contribution in [3.05, 3.63) is 82.6 Å². The molecule has 47 heavy (non-hydrogen) atoms. The van der Waals surface area contributed by atoms with Crippen molar-refractivity contribution in [2.75, 3.05) is 24.5 Å². The van der Waals surface area contributed by atoms with Gasteiger partial charge >= 0.3 is 11.9 Å². The van der Waals surface area contributed by atoms with E-state index in [1.165, 1.54) is 24.1 Å². The lowest BCUT2D eigenvalue weighted by molar-refractivity contribution is -0.137. The van der Waals surface area contributed by atoms with Crippen LogP contribution in [-0.4, -0.2) is 69.7 Å². The van der Waals surface area contributed by atoms with Gasteiger partial charge in [0.25, 0.3) is 0 Å². The second-order valence-electron chi connectivity index (χ2n) is 11.4. The highest BCUT2D eigenvalue weighted by molar-refractivity contribution is 7.92. The van der Waals surface area contributed by atoms with Crippen LogP contribution in [0.3, 0.4) is 0 Å². The number of fused-ring (bicyclic) bond motifs is 1. The molecule has 4 heterocycles. The smallest absolute Gasteiger partial charge is 0.350 e. The highest BCUT2D eigenvalue weighted by atomic mass is 32.2. The van der Waals surface area contributed by atoms with Gasteiger partial charge in [-0.3, -0.25) is 9.78 Å². The minimum Gasteiger partial charge on any atom is -0.350 e. The Kier molecular flexibility index (Phi) is 7.89. The van der Waals surface area contributed by atoms with E-state index in [0.717, 1.165) is 28.8 Å². The van der Waals surface area contributed by atoms with Crippen LogP contribution >= 0.6 is 0 Å². The number of rotatable bonds is 6. The van der Waals surface area contributed by atoms with Crippen molar-refractivity contribution in [1.82, 2.24) is 24.4 Å². The van der Waals surface area contributed by atoms with Crippen LogP contribution in [0.15, 0.2) is 58.9 Å². The van der Waals surface area contributed by atoms with E-state index >= 15 is 8.78 Å². The van der Waals surface area contributed by atoms with Crippen LogP contribution in [0.25, 0.3) is 28.0 Å². The molecule has 246 valence electrons. The summed E-state index contributed by atoms with van der Waals surface area (Å²) in [5, 5.41) is -0.884. The number of alkyl halides is 3. The van der Waals surface area contributed by atoms with Crippen molar-refractivity contribution < 1.29 is 35.2 Å². The molecule has 0 N–H and O–H groups in total. The Labute approximate surface area is 265 Å². The van der Waals surface area contributed by atoms with E-state index < -0.39 is 67.1 Å². The second-order valence-corrected chi connectivity index (χ2v) is 13.6. The lowest BCUT2D eigenvalue weighted by atomic mass is 10.0. The number of pyridine rings is 2. The molecule has 1 aromatic carbocycles. The van der Waals surface area contributed by atoms with Crippen LogP contribution in [0.1, 0.15) is 31.0 Å². The maximum atomic E-state index is 16.0. The summed E-state index contributed by atoms with van der Waals surface area (Å²) >= 11 is 0. The van der Waals surface area contributed by atoms with Gasteiger partial charge in [-0.25, -0.2) is 31.5 Å². The van der Waals surface area contributed by atoms with Crippen molar-refractivity contribution in [3.63, 3.8) is 0 Å². The Hall–Kier alpha value is -4.73. The van der Waals surface area contributed by atoms with Gasteiger partial charge in [-0.2, -0.15) is 18.2 Å². The number of benzene rings is 1. The molecule has 4 aromatic rings. The molecule has 1 atom stereocenters. The third-order valence-electron chi connectivity index (χ3n) is 8.31. The zero-order chi connectivity index (χ0) is 34.0.